The number of ether oxygens (including phenoxy) is 1. The number of phenolic OH excluding ortho intramolecular Hbond substituents is 1. The Morgan fingerprint density at radius 2 is 1.88 bits per heavy atom. The number of hydrogen-bond acceptors (Lipinski definition) is 7. The first kappa shape index (κ1) is 22.3. The highest BCUT2D eigenvalue weighted by molar-refractivity contribution is 6.30. The molecular weight excluding hydrogens is 462 g/mol. The highest BCUT2D eigenvalue weighted by Gasteiger charge is 2.58. The van der Waals surface area contributed by atoms with Crippen molar-refractivity contribution in [2.45, 2.75) is 25.7 Å². The van der Waals surface area contributed by atoms with Crippen molar-refractivity contribution in [3.8, 4) is 5.75 Å². The molecule has 1 aromatic carbocycles. The normalized spacial score (nSPS) is 28.3. The van der Waals surface area contributed by atoms with Crippen molar-refractivity contribution in [2.75, 3.05) is 7.11 Å². The Hall–Kier alpha value is -3.52. The predicted molar refractivity (Wildman–Crippen MR) is 119 cm³/mol. The molecule has 0 saturated carbocycles. The molecule has 1 heterocycles. The van der Waals surface area contributed by atoms with E-state index in [4.69, 9.17) is 11.6 Å². The number of allylic oxidation sites excluding steroid dienone is 6. The lowest BCUT2D eigenvalue weighted by Gasteiger charge is -2.42. The van der Waals surface area contributed by atoms with Gasteiger partial charge in [-0.2, -0.15) is 4.90 Å². The molecule has 4 unspecified atom stereocenters. The monoisotopic (exact) mass is 481 g/mol. The molecule has 1 fully saturated rings. The number of rotatable bonds is 1. The Labute approximate surface area is 199 Å². The SMILES string of the molecule is COC(=O)N1C(=O)C2CC=C3C(c4cc(Cl)ccc4O)C4=C(CC3C2C1=O)C(=O)C=C(C)C4=O. The number of imide groups is 3. The number of likely N-dealkylation sites (tertiary alicyclic amines) is 1. The lowest BCUT2D eigenvalue weighted by atomic mass is 9.59. The summed E-state index contributed by atoms with van der Waals surface area (Å²) in [6.07, 6.45) is 2.26. The van der Waals surface area contributed by atoms with Gasteiger partial charge in [0.15, 0.2) is 11.6 Å². The van der Waals surface area contributed by atoms with Gasteiger partial charge in [0.2, 0.25) is 11.8 Å². The lowest BCUT2D eigenvalue weighted by molar-refractivity contribution is -0.137. The molecule has 1 N–H and O–H groups in total. The molecule has 3 aliphatic carbocycles. The van der Waals surface area contributed by atoms with Crippen molar-refractivity contribution in [1.82, 2.24) is 4.90 Å². The van der Waals surface area contributed by atoms with Crippen LogP contribution in [-0.4, -0.2) is 46.6 Å². The number of aromatic hydroxyl groups is 1. The Kier molecular flexibility index (Phi) is 5.09. The molecule has 4 atom stereocenters. The second-order valence-electron chi connectivity index (χ2n) is 8.91. The van der Waals surface area contributed by atoms with Crippen molar-refractivity contribution < 1.29 is 33.8 Å². The van der Waals surface area contributed by atoms with E-state index >= 15 is 0 Å². The number of ketones is 2. The number of amides is 3. The summed E-state index contributed by atoms with van der Waals surface area (Å²) in [6, 6.07) is 4.46. The van der Waals surface area contributed by atoms with Crippen LogP contribution < -0.4 is 0 Å². The van der Waals surface area contributed by atoms with Crippen molar-refractivity contribution in [3.05, 3.63) is 63.2 Å². The molecule has 5 rings (SSSR count). The number of phenols is 1. The van der Waals surface area contributed by atoms with Gasteiger partial charge < -0.3 is 9.84 Å². The van der Waals surface area contributed by atoms with E-state index in [9.17, 15) is 29.1 Å². The lowest BCUT2D eigenvalue weighted by Crippen LogP contribution is -2.40. The summed E-state index contributed by atoms with van der Waals surface area (Å²) < 4.78 is 4.63. The van der Waals surface area contributed by atoms with Crippen molar-refractivity contribution in [2.24, 2.45) is 17.8 Å². The molecule has 34 heavy (non-hydrogen) atoms. The molecule has 8 nitrogen and oxygen atoms in total. The maximum absolute atomic E-state index is 13.3. The molecule has 4 aliphatic rings. The van der Waals surface area contributed by atoms with Crippen LogP contribution in [0, 0.1) is 17.8 Å². The van der Waals surface area contributed by atoms with Gasteiger partial charge in [0, 0.05) is 33.2 Å². The van der Waals surface area contributed by atoms with E-state index in [0.29, 0.717) is 21.1 Å². The summed E-state index contributed by atoms with van der Waals surface area (Å²) in [6.45, 7) is 1.56. The van der Waals surface area contributed by atoms with E-state index in [1.807, 2.05) is 0 Å². The second kappa shape index (κ2) is 7.77. The van der Waals surface area contributed by atoms with Gasteiger partial charge in [0.25, 0.3) is 0 Å². The van der Waals surface area contributed by atoms with Gasteiger partial charge in [0.05, 0.1) is 18.9 Å². The number of benzene rings is 1. The van der Waals surface area contributed by atoms with Crippen LogP contribution in [0.3, 0.4) is 0 Å². The zero-order valence-electron chi connectivity index (χ0n) is 18.3. The second-order valence-corrected chi connectivity index (χ2v) is 9.35. The van der Waals surface area contributed by atoms with Crippen LogP contribution in [0.4, 0.5) is 4.79 Å². The number of nitrogens with zero attached hydrogens (tertiary/aromatic N) is 1. The summed E-state index contributed by atoms with van der Waals surface area (Å²) >= 11 is 6.21. The average Bonchev–Trinajstić information content (AvgIpc) is 3.07. The molecule has 0 radical (unpaired) electrons. The number of hydrogen-bond donors (Lipinski definition) is 1. The molecule has 0 spiro atoms. The minimum Gasteiger partial charge on any atom is -0.508 e. The third-order valence-corrected chi connectivity index (χ3v) is 7.46. The third-order valence-electron chi connectivity index (χ3n) is 7.22. The standard InChI is InChI=1S/C25H20ClNO7/c1-10-7-18(29)16-9-14-12(4-5-13-20(14)24(32)27(23(13)31)25(33)34-2)19(21(16)22(10)30)15-8-11(26)3-6-17(15)28/h3-4,6-8,13-14,19-20,28H,5,9H2,1-2H3. The maximum atomic E-state index is 13.3. The van der Waals surface area contributed by atoms with E-state index in [0.717, 1.165) is 7.11 Å². The van der Waals surface area contributed by atoms with Gasteiger partial charge in [0.1, 0.15) is 5.75 Å². The predicted octanol–water partition coefficient (Wildman–Crippen LogP) is 3.24. The Bertz CT molecular complexity index is 1300. The van der Waals surface area contributed by atoms with E-state index < -0.39 is 41.6 Å². The Morgan fingerprint density at radius 3 is 2.59 bits per heavy atom. The molecule has 0 bridgehead atoms. The summed E-state index contributed by atoms with van der Waals surface area (Å²) in [5.41, 5.74) is 1.78. The molecule has 9 heteroatoms. The van der Waals surface area contributed by atoms with E-state index in [1.54, 1.807) is 13.0 Å². The highest BCUT2D eigenvalue weighted by Crippen LogP contribution is 2.56. The zero-order valence-corrected chi connectivity index (χ0v) is 19.1. The number of Topliss-reactive ketones (excluding diaryl/α,β-unsaturated/α-hetero) is 1. The first-order valence-corrected chi connectivity index (χ1v) is 11.2. The Morgan fingerprint density at radius 1 is 1.15 bits per heavy atom. The molecule has 174 valence electrons. The van der Waals surface area contributed by atoms with Gasteiger partial charge in [-0.25, -0.2) is 4.79 Å². The summed E-state index contributed by atoms with van der Waals surface area (Å²) in [5.74, 6) is -5.19. The topological polar surface area (TPSA) is 118 Å². The number of carbonyl (C=O) groups is 5. The minimum atomic E-state index is -1.05. The van der Waals surface area contributed by atoms with E-state index in [2.05, 4.69) is 4.74 Å². The average molecular weight is 482 g/mol. The molecule has 3 amide bonds. The fourth-order valence-electron chi connectivity index (χ4n) is 5.74. The van der Waals surface area contributed by atoms with Crippen molar-refractivity contribution in [3.63, 3.8) is 0 Å². The summed E-state index contributed by atoms with van der Waals surface area (Å²) in [4.78, 5) is 65.1. The minimum absolute atomic E-state index is 0.0720. The maximum Gasteiger partial charge on any atom is 0.423 e. The van der Waals surface area contributed by atoms with Crippen LogP contribution in [0.1, 0.15) is 31.2 Å². The van der Waals surface area contributed by atoms with Crippen molar-refractivity contribution >= 4 is 41.1 Å². The molecule has 0 aromatic heterocycles. The molecular formula is C25H20ClNO7. The van der Waals surface area contributed by atoms with E-state index in [1.165, 1.54) is 24.3 Å². The highest BCUT2D eigenvalue weighted by atomic mass is 35.5. The third kappa shape index (κ3) is 3.01. The molecule has 1 saturated heterocycles. The van der Waals surface area contributed by atoms with Crippen LogP contribution in [0.5, 0.6) is 5.75 Å². The number of fused-ring (bicyclic) bond motifs is 3. The van der Waals surface area contributed by atoms with E-state index in [-0.39, 0.29) is 46.9 Å². The van der Waals surface area contributed by atoms with Gasteiger partial charge in [-0.15, -0.1) is 0 Å². The first-order valence-electron chi connectivity index (χ1n) is 10.8. The van der Waals surface area contributed by atoms with Gasteiger partial charge in [-0.05, 0) is 50.0 Å². The van der Waals surface area contributed by atoms with Crippen LogP contribution >= 0.6 is 11.6 Å². The zero-order chi connectivity index (χ0) is 24.5. The fourth-order valence-corrected chi connectivity index (χ4v) is 5.93. The van der Waals surface area contributed by atoms with Crippen molar-refractivity contribution in [1.29, 1.82) is 0 Å². The van der Waals surface area contributed by atoms with Crippen LogP contribution in [0.2, 0.25) is 5.02 Å². The summed E-state index contributed by atoms with van der Waals surface area (Å²) in [7, 11) is 1.09. The van der Waals surface area contributed by atoms with Crippen LogP contribution in [0.15, 0.2) is 52.6 Å². The number of methoxy groups -OCH3 is 1. The molecule has 1 aliphatic heterocycles. The largest absolute Gasteiger partial charge is 0.508 e. The van der Waals surface area contributed by atoms with Gasteiger partial charge in [-0.1, -0.05) is 23.3 Å². The number of halogens is 1. The fraction of sp³-hybridized carbons (Fsp3) is 0.320. The Balaban J connectivity index is 1.70. The quantitative estimate of drug-likeness (QED) is 0.371. The van der Waals surface area contributed by atoms with Crippen LogP contribution in [-0.2, 0) is 23.9 Å². The smallest absolute Gasteiger partial charge is 0.423 e. The van der Waals surface area contributed by atoms with Crippen LogP contribution in [0.25, 0.3) is 0 Å². The van der Waals surface area contributed by atoms with Gasteiger partial charge in [-0.3, -0.25) is 19.2 Å². The summed E-state index contributed by atoms with van der Waals surface area (Å²) in [5, 5.41) is 11.0. The number of carbonyl (C=O) groups excluding carboxylic acids is 5. The first-order chi connectivity index (χ1) is 16.1. The van der Waals surface area contributed by atoms with Gasteiger partial charge >= 0.3 is 6.09 Å². The molecule has 1 aromatic rings.